The Bertz CT molecular complexity index is 432. The van der Waals surface area contributed by atoms with Gasteiger partial charge in [-0.25, -0.2) is 8.78 Å². The van der Waals surface area contributed by atoms with Gasteiger partial charge in [-0.2, -0.15) is 0 Å². The molecule has 1 unspecified atom stereocenters. The predicted octanol–water partition coefficient (Wildman–Crippen LogP) is 3.74. The van der Waals surface area contributed by atoms with Crippen LogP contribution in [0, 0.1) is 18.6 Å². The molecule has 4 heteroatoms. The van der Waals surface area contributed by atoms with Gasteiger partial charge in [0.2, 0.25) is 0 Å². The van der Waals surface area contributed by atoms with Crippen molar-refractivity contribution in [3.8, 4) is 0 Å². The van der Waals surface area contributed by atoms with Crippen LogP contribution in [0.15, 0.2) is 12.1 Å². The van der Waals surface area contributed by atoms with Gasteiger partial charge in [-0.05, 0) is 45.4 Å². The first-order valence-corrected chi connectivity index (χ1v) is 6.55. The molecule has 0 fully saturated rings. The van der Waals surface area contributed by atoms with E-state index >= 15 is 0 Å². The number of ether oxygens (including phenoxy) is 1. The molecule has 0 amide bonds. The normalized spacial score (nSPS) is 13.6. The minimum absolute atomic E-state index is 0.104. The third kappa shape index (κ3) is 3.98. The fraction of sp³-hybridized carbons (Fsp3) is 0.600. The molecule has 0 aliphatic rings. The van der Waals surface area contributed by atoms with Gasteiger partial charge in [-0.1, -0.05) is 13.0 Å². The lowest BCUT2D eigenvalue weighted by Crippen LogP contribution is -2.33. The van der Waals surface area contributed by atoms with E-state index in [1.165, 1.54) is 12.1 Å². The highest BCUT2D eigenvalue weighted by Crippen LogP contribution is 2.30. The van der Waals surface area contributed by atoms with Crippen molar-refractivity contribution >= 4 is 0 Å². The van der Waals surface area contributed by atoms with Gasteiger partial charge in [0, 0.05) is 18.7 Å². The highest BCUT2D eigenvalue weighted by molar-refractivity contribution is 5.29. The average Bonchev–Trinajstić information content (AvgIpc) is 2.34. The van der Waals surface area contributed by atoms with Crippen molar-refractivity contribution in [2.24, 2.45) is 0 Å². The number of benzene rings is 1. The van der Waals surface area contributed by atoms with E-state index in [0.29, 0.717) is 18.5 Å². The zero-order valence-electron chi connectivity index (χ0n) is 12.3. The van der Waals surface area contributed by atoms with Crippen LogP contribution in [0.25, 0.3) is 0 Å². The van der Waals surface area contributed by atoms with Crippen LogP contribution in [0.2, 0.25) is 0 Å². The highest BCUT2D eigenvalue weighted by atomic mass is 19.1. The summed E-state index contributed by atoms with van der Waals surface area (Å²) in [6.45, 7) is 8.00. The van der Waals surface area contributed by atoms with Crippen LogP contribution in [-0.2, 0) is 4.74 Å². The van der Waals surface area contributed by atoms with Crippen molar-refractivity contribution in [2.45, 2.75) is 45.8 Å². The zero-order chi connectivity index (χ0) is 14.6. The Hall–Kier alpha value is -1.00. The van der Waals surface area contributed by atoms with E-state index in [-0.39, 0.29) is 5.56 Å². The summed E-state index contributed by atoms with van der Waals surface area (Å²) in [6, 6.07) is 2.37. The molecular weight excluding hydrogens is 248 g/mol. The Morgan fingerprint density at radius 2 is 1.95 bits per heavy atom. The quantitative estimate of drug-likeness (QED) is 0.851. The summed E-state index contributed by atoms with van der Waals surface area (Å²) in [5, 5.41) is 3.14. The minimum Gasteiger partial charge on any atom is -0.379 e. The average molecular weight is 271 g/mol. The molecule has 1 N–H and O–H groups in total. The molecule has 1 atom stereocenters. The van der Waals surface area contributed by atoms with Crippen LogP contribution >= 0.6 is 0 Å². The van der Waals surface area contributed by atoms with Crippen molar-refractivity contribution in [1.82, 2.24) is 5.32 Å². The largest absolute Gasteiger partial charge is 0.379 e. The zero-order valence-corrected chi connectivity index (χ0v) is 12.3. The SMILES string of the molecule is CCNC(CC(C)(C)OC)c1c(F)ccc(C)c1F. The van der Waals surface area contributed by atoms with Crippen molar-refractivity contribution < 1.29 is 13.5 Å². The van der Waals surface area contributed by atoms with Crippen LogP contribution in [-0.4, -0.2) is 19.3 Å². The second kappa shape index (κ2) is 6.44. The highest BCUT2D eigenvalue weighted by Gasteiger charge is 2.28. The first-order chi connectivity index (χ1) is 8.82. The summed E-state index contributed by atoms with van der Waals surface area (Å²) in [7, 11) is 1.60. The van der Waals surface area contributed by atoms with E-state index in [1.807, 2.05) is 20.8 Å². The van der Waals surface area contributed by atoms with Gasteiger partial charge in [-0.3, -0.25) is 0 Å². The fourth-order valence-electron chi connectivity index (χ4n) is 2.10. The smallest absolute Gasteiger partial charge is 0.133 e. The summed E-state index contributed by atoms with van der Waals surface area (Å²) in [4.78, 5) is 0. The summed E-state index contributed by atoms with van der Waals surface area (Å²) in [5.41, 5.74) is 0.108. The van der Waals surface area contributed by atoms with E-state index in [9.17, 15) is 8.78 Å². The Balaban J connectivity index is 3.16. The lowest BCUT2D eigenvalue weighted by atomic mass is 9.92. The maximum absolute atomic E-state index is 14.2. The first kappa shape index (κ1) is 16.1. The lowest BCUT2D eigenvalue weighted by Gasteiger charge is -2.30. The third-order valence-electron chi connectivity index (χ3n) is 3.37. The minimum atomic E-state index is -0.513. The molecule has 19 heavy (non-hydrogen) atoms. The number of rotatable bonds is 6. The Labute approximate surface area is 114 Å². The van der Waals surface area contributed by atoms with E-state index < -0.39 is 23.3 Å². The molecule has 0 spiro atoms. The molecule has 0 bridgehead atoms. The van der Waals surface area contributed by atoms with Gasteiger partial charge in [0.25, 0.3) is 0 Å². The van der Waals surface area contributed by atoms with Gasteiger partial charge < -0.3 is 10.1 Å². The third-order valence-corrected chi connectivity index (χ3v) is 3.37. The van der Waals surface area contributed by atoms with Crippen molar-refractivity contribution in [1.29, 1.82) is 0 Å². The molecule has 0 heterocycles. The number of hydrogen-bond acceptors (Lipinski definition) is 2. The molecule has 1 rings (SSSR count). The van der Waals surface area contributed by atoms with Crippen LogP contribution < -0.4 is 5.32 Å². The summed E-state index contributed by atoms with van der Waals surface area (Å²) < 4.78 is 33.5. The van der Waals surface area contributed by atoms with E-state index in [0.717, 1.165) is 0 Å². The molecule has 0 aliphatic carbocycles. The molecule has 108 valence electrons. The molecule has 0 saturated carbocycles. The predicted molar refractivity (Wildman–Crippen MR) is 73.2 cm³/mol. The molecule has 1 aromatic carbocycles. The van der Waals surface area contributed by atoms with E-state index in [4.69, 9.17) is 4.74 Å². The van der Waals surface area contributed by atoms with Gasteiger partial charge in [-0.15, -0.1) is 0 Å². The lowest BCUT2D eigenvalue weighted by molar-refractivity contribution is 0.00642. The van der Waals surface area contributed by atoms with Crippen molar-refractivity contribution in [3.63, 3.8) is 0 Å². The molecule has 0 aliphatic heterocycles. The number of methoxy groups -OCH3 is 1. The summed E-state index contributed by atoms with van der Waals surface area (Å²) >= 11 is 0. The standard InChI is InChI=1S/C15H23F2NO/c1-6-18-12(9-15(3,4)19-5)13-11(16)8-7-10(2)14(13)17/h7-8,12,18H,6,9H2,1-5H3. The van der Waals surface area contributed by atoms with Crippen LogP contribution in [0.3, 0.4) is 0 Å². The van der Waals surface area contributed by atoms with E-state index in [1.54, 1.807) is 14.0 Å². The van der Waals surface area contributed by atoms with Crippen molar-refractivity contribution in [3.05, 3.63) is 34.9 Å². The first-order valence-electron chi connectivity index (χ1n) is 6.55. The topological polar surface area (TPSA) is 21.3 Å². The molecule has 0 aromatic heterocycles. The van der Waals surface area contributed by atoms with Crippen molar-refractivity contribution in [2.75, 3.05) is 13.7 Å². The Kier molecular flexibility index (Phi) is 5.44. The van der Waals surface area contributed by atoms with Crippen LogP contribution in [0.1, 0.15) is 44.4 Å². The van der Waals surface area contributed by atoms with Gasteiger partial charge in [0.05, 0.1) is 5.60 Å². The van der Waals surface area contributed by atoms with Gasteiger partial charge >= 0.3 is 0 Å². The maximum Gasteiger partial charge on any atom is 0.133 e. The number of hydrogen-bond donors (Lipinski definition) is 1. The molecule has 2 nitrogen and oxygen atoms in total. The number of aryl methyl sites for hydroxylation is 1. The van der Waals surface area contributed by atoms with Gasteiger partial charge in [0.1, 0.15) is 11.6 Å². The fourth-order valence-corrected chi connectivity index (χ4v) is 2.10. The second-order valence-electron chi connectivity index (χ2n) is 5.37. The second-order valence-corrected chi connectivity index (χ2v) is 5.37. The number of nitrogens with one attached hydrogen (secondary N) is 1. The molecule has 0 radical (unpaired) electrons. The summed E-state index contributed by atoms with van der Waals surface area (Å²) in [6.07, 6.45) is 0.495. The van der Waals surface area contributed by atoms with E-state index in [2.05, 4.69) is 5.32 Å². The monoisotopic (exact) mass is 271 g/mol. The molecular formula is C15H23F2NO. The maximum atomic E-state index is 14.2. The number of halogens is 2. The molecule has 0 saturated heterocycles. The van der Waals surface area contributed by atoms with Crippen LogP contribution in [0.4, 0.5) is 8.78 Å². The van der Waals surface area contributed by atoms with Gasteiger partial charge in [0.15, 0.2) is 0 Å². The Morgan fingerprint density at radius 3 is 2.47 bits per heavy atom. The molecule has 1 aromatic rings. The Morgan fingerprint density at radius 1 is 1.32 bits per heavy atom. The van der Waals surface area contributed by atoms with Crippen LogP contribution in [0.5, 0.6) is 0 Å². The summed E-state index contributed by atoms with van der Waals surface area (Å²) in [5.74, 6) is -0.987.